The quantitative estimate of drug-likeness (QED) is 0.872. The van der Waals surface area contributed by atoms with Crippen molar-refractivity contribution in [1.82, 2.24) is 0 Å². The highest BCUT2D eigenvalue weighted by Crippen LogP contribution is 2.44. The Labute approximate surface area is 103 Å². The molecule has 1 saturated carbocycles. The van der Waals surface area contributed by atoms with Crippen molar-refractivity contribution in [2.45, 2.75) is 38.8 Å². The van der Waals surface area contributed by atoms with Crippen LogP contribution in [-0.4, -0.2) is 19.3 Å². The van der Waals surface area contributed by atoms with E-state index >= 15 is 0 Å². The summed E-state index contributed by atoms with van der Waals surface area (Å²) in [4.78, 5) is 0. The highest BCUT2D eigenvalue weighted by molar-refractivity contribution is 5.33. The average Bonchev–Trinajstić information content (AvgIpc) is 2.37. The number of rotatable bonds is 4. The highest BCUT2D eigenvalue weighted by atomic mass is 16.5. The molecule has 3 nitrogen and oxygen atoms in total. The molecule has 3 atom stereocenters. The van der Waals surface area contributed by atoms with Crippen LogP contribution in [0.3, 0.4) is 0 Å². The number of hydrogen-bond donors (Lipinski definition) is 1. The molecule has 1 aromatic carbocycles. The SMILES string of the molecule is CCC1(C)C(N)CC1Oc1cccc(OC)c1. The van der Waals surface area contributed by atoms with Crippen LogP contribution in [0.2, 0.25) is 0 Å². The number of nitrogens with two attached hydrogens (primary N) is 1. The second kappa shape index (κ2) is 4.57. The maximum atomic E-state index is 6.06. The molecule has 17 heavy (non-hydrogen) atoms. The van der Waals surface area contributed by atoms with Crippen molar-refractivity contribution < 1.29 is 9.47 Å². The van der Waals surface area contributed by atoms with Crippen LogP contribution in [0, 0.1) is 5.41 Å². The fourth-order valence-electron chi connectivity index (χ4n) is 2.36. The van der Waals surface area contributed by atoms with E-state index in [4.69, 9.17) is 15.2 Å². The van der Waals surface area contributed by atoms with Crippen LogP contribution in [0.25, 0.3) is 0 Å². The second-order valence-electron chi connectivity index (χ2n) is 4.99. The summed E-state index contributed by atoms with van der Waals surface area (Å²) in [6.45, 7) is 4.37. The monoisotopic (exact) mass is 235 g/mol. The predicted octanol–water partition coefficient (Wildman–Crippen LogP) is 2.59. The maximum Gasteiger partial charge on any atom is 0.123 e. The lowest BCUT2D eigenvalue weighted by atomic mass is 9.62. The van der Waals surface area contributed by atoms with Gasteiger partial charge in [-0.05, 0) is 18.6 Å². The molecule has 0 aromatic heterocycles. The van der Waals surface area contributed by atoms with Crippen molar-refractivity contribution in [3.8, 4) is 11.5 Å². The molecule has 1 aromatic rings. The van der Waals surface area contributed by atoms with Gasteiger partial charge in [0, 0.05) is 23.9 Å². The Bertz CT molecular complexity index is 394. The van der Waals surface area contributed by atoms with Gasteiger partial charge in [-0.1, -0.05) is 19.9 Å². The minimum absolute atomic E-state index is 0.100. The van der Waals surface area contributed by atoms with Crippen molar-refractivity contribution >= 4 is 0 Å². The molecule has 1 fully saturated rings. The third-order valence-electron chi connectivity index (χ3n) is 4.13. The molecule has 2 N–H and O–H groups in total. The van der Waals surface area contributed by atoms with Crippen molar-refractivity contribution in [2.24, 2.45) is 11.1 Å². The summed E-state index contributed by atoms with van der Waals surface area (Å²) in [5.74, 6) is 1.69. The second-order valence-corrected chi connectivity index (χ2v) is 4.99. The van der Waals surface area contributed by atoms with Gasteiger partial charge >= 0.3 is 0 Å². The molecule has 0 spiro atoms. The lowest BCUT2D eigenvalue weighted by molar-refractivity contribution is -0.0560. The van der Waals surface area contributed by atoms with E-state index in [9.17, 15) is 0 Å². The average molecular weight is 235 g/mol. The normalized spacial score (nSPS) is 31.8. The lowest BCUT2D eigenvalue weighted by Gasteiger charge is -2.51. The zero-order valence-electron chi connectivity index (χ0n) is 10.8. The van der Waals surface area contributed by atoms with Crippen molar-refractivity contribution in [3.05, 3.63) is 24.3 Å². The summed E-state index contributed by atoms with van der Waals surface area (Å²) in [6, 6.07) is 7.99. The smallest absolute Gasteiger partial charge is 0.123 e. The molecule has 2 rings (SSSR count). The first-order valence-electron chi connectivity index (χ1n) is 6.16. The van der Waals surface area contributed by atoms with E-state index in [0.29, 0.717) is 0 Å². The third-order valence-corrected chi connectivity index (χ3v) is 4.13. The van der Waals surface area contributed by atoms with Gasteiger partial charge in [0.1, 0.15) is 17.6 Å². The Balaban J connectivity index is 2.06. The van der Waals surface area contributed by atoms with Crippen LogP contribution >= 0.6 is 0 Å². The first-order valence-corrected chi connectivity index (χ1v) is 6.16. The Morgan fingerprint density at radius 2 is 2.12 bits per heavy atom. The lowest BCUT2D eigenvalue weighted by Crippen LogP contribution is -2.61. The zero-order valence-corrected chi connectivity index (χ0v) is 10.8. The van der Waals surface area contributed by atoms with Crippen molar-refractivity contribution in [1.29, 1.82) is 0 Å². The van der Waals surface area contributed by atoms with E-state index in [1.807, 2.05) is 24.3 Å². The first kappa shape index (κ1) is 12.2. The summed E-state index contributed by atoms with van der Waals surface area (Å²) in [7, 11) is 1.66. The van der Waals surface area contributed by atoms with Crippen molar-refractivity contribution in [2.75, 3.05) is 7.11 Å². The number of hydrogen-bond acceptors (Lipinski definition) is 3. The van der Waals surface area contributed by atoms with Gasteiger partial charge in [-0.2, -0.15) is 0 Å². The van der Waals surface area contributed by atoms with Crippen LogP contribution in [0.15, 0.2) is 24.3 Å². The summed E-state index contributed by atoms with van der Waals surface area (Å²) in [5.41, 5.74) is 6.16. The maximum absolute atomic E-state index is 6.06. The highest BCUT2D eigenvalue weighted by Gasteiger charge is 2.50. The Hall–Kier alpha value is -1.22. The molecule has 3 unspecified atom stereocenters. The molecule has 1 aliphatic carbocycles. The molecular formula is C14H21NO2. The van der Waals surface area contributed by atoms with Gasteiger partial charge in [0.2, 0.25) is 0 Å². The van der Waals surface area contributed by atoms with E-state index in [0.717, 1.165) is 24.3 Å². The van der Waals surface area contributed by atoms with E-state index in [-0.39, 0.29) is 17.6 Å². The third kappa shape index (κ3) is 2.12. The minimum Gasteiger partial charge on any atom is -0.497 e. The molecule has 0 bridgehead atoms. The van der Waals surface area contributed by atoms with E-state index in [1.165, 1.54) is 0 Å². The van der Waals surface area contributed by atoms with Gasteiger partial charge in [0.15, 0.2) is 0 Å². The summed E-state index contributed by atoms with van der Waals surface area (Å²) < 4.78 is 11.2. The van der Waals surface area contributed by atoms with E-state index in [2.05, 4.69) is 13.8 Å². The standard InChI is InChI=1S/C14H21NO2/c1-4-14(2)12(15)9-13(14)17-11-7-5-6-10(8-11)16-3/h5-8,12-13H,4,9,15H2,1-3H3. The molecule has 0 saturated heterocycles. The van der Waals surface area contributed by atoms with Gasteiger partial charge < -0.3 is 15.2 Å². The Kier molecular flexibility index (Phi) is 3.29. The van der Waals surface area contributed by atoms with Crippen LogP contribution in [0.1, 0.15) is 26.7 Å². The van der Waals surface area contributed by atoms with E-state index in [1.54, 1.807) is 7.11 Å². The number of ether oxygens (including phenoxy) is 2. The Morgan fingerprint density at radius 3 is 2.71 bits per heavy atom. The predicted molar refractivity (Wildman–Crippen MR) is 68.4 cm³/mol. The zero-order chi connectivity index (χ0) is 12.5. The molecule has 1 aliphatic rings. The van der Waals surface area contributed by atoms with Gasteiger partial charge in [-0.25, -0.2) is 0 Å². The molecule has 3 heteroatoms. The fraction of sp³-hybridized carbons (Fsp3) is 0.571. The van der Waals surface area contributed by atoms with Gasteiger partial charge in [-0.3, -0.25) is 0 Å². The molecule has 0 radical (unpaired) electrons. The Morgan fingerprint density at radius 1 is 1.41 bits per heavy atom. The first-order chi connectivity index (χ1) is 8.10. The fourth-order valence-corrected chi connectivity index (χ4v) is 2.36. The topological polar surface area (TPSA) is 44.5 Å². The molecular weight excluding hydrogens is 214 g/mol. The number of benzene rings is 1. The van der Waals surface area contributed by atoms with Crippen LogP contribution in [0.4, 0.5) is 0 Å². The summed E-state index contributed by atoms with van der Waals surface area (Å²) >= 11 is 0. The number of methoxy groups -OCH3 is 1. The van der Waals surface area contributed by atoms with Crippen LogP contribution in [0.5, 0.6) is 11.5 Å². The molecule has 94 valence electrons. The minimum atomic E-state index is 0.100. The van der Waals surface area contributed by atoms with Crippen LogP contribution < -0.4 is 15.2 Å². The van der Waals surface area contributed by atoms with Crippen molar-refractivity contribution in [3.63, 3.8) is 0 Å². The molecule has 0 heterocycles. The van der Waals surface area contributed by atoms with E-state index < -0.39 is 0 Å². The molecule has 0 amide bonds. The molecule has 0 aliphatic heterocycles. The van der Waals surface area contributed by atoms with Crippen LogP contribution in [-0.2, 0) is 0 Å². The van der Waals surface area contributed by atoms with Gasteiger partial charge in [-0.15, -0.1) is 0 Å². The summed E-state index contributed by atoms with van der Waals surface area (Å²) in [5, 5.41) is 0. The van der Waals surface area contributed by atoms with Gasteiger partial charge in [0.05, 0.1) is 7.11 Å². The summed E-state index contributed by atoms with van der Waals surface area (Å²) in [6.07, 6.45) is 2.19. The van der Waals surface area contributed by atoms with Gasteiger partial charge in [0.25, 0.3) is 0 Å². The largest absolute Gasteiger partial charge is 0.497 e.